The number of allylic oxidation sites excluding steroid dienone is 1. The monoisotopic (exact) mass is 215 g/mol. The second-order valence-electron chi connectivity index (χ2n) is 2.75. The van der Waals surface area contributed by atoms with Gasteiger partial charge in [-0.05, 0) is 17.8 Å². The highest BCUT2D eigenvalue weighted by Crippen LogP contribution is 2.21. The van der Waals surface area contributed by atoms with E-state index >= 15 is 0 Å². The lowest BCUT2D eigenvalue weighted by atomic mass is 10.3. The zero-order chi connectivity index (χ0) is 10.6. The van der Waals surface area contributed by atoms with Crippen LogP contribution in [0, 0.1) is 10.1 Å². The molecule has 0 saturated heterocycles. The van der Waals surface area contributed by atoms with Crippen molar-refractivity contribution in [1.29, 1.82) is 0 Å². The Bertz CT molecular complexity index is 348. The van der Waals surface area contributed by atoms with Crippen molar-refractivity contribution in [1.82, 2.24) is 9.78 Å². The number of hydrogen-bond donors (Lipinski definition) is 0. The maximum Gasteiger partial charge on any atom is 0.408 e. The molecule has 0 atom stereocenters. The predicted octanol–water partition coefficient (Wildman–Crippen LogP) is 2.41. The first kappa shape index (κ1) is 10.7. The molecule has 0 aliphatic heterocycles. The third-order valence-corrected chi connectivity index (χ3v) is 1.93. The highest BCUT2D eigenvalue weighted by atomic mass is 35.5. The van der Waals surface area contributed by atoms with Gasteiger partial charge in [0.25, 0.3) is 0 Å². The number of rotatable bonds is 5. The summed E-state index contributed by atoms with van der Waals surface area (Å²) in [6.07, 6.45) is 4.95. The number of unbranched alkanes of at least 4 members (excludes halogenated alkanes) is 1. The minimum absolute atomic E-state index is 0.0774. The van der Waals surface area contributed by atoms with Gasteiger partial charge in [-0.15, -0.1) is 6.58 Å². The van der Waals surface area contributed by atoms with Crippen molar-refractivity contribution >= 4 is 17.4 Å². The van der Waals surface area contributed by atoms with E-state index in [1.807, 2.05) is 0 Å². The SMILES string of the molecule is C=CCCCn1cc(Cl)c([N+](=O)[O-])n1. The standard InChI is InChI=1S/C8H10ClN3O2/c1-2-3-4-5-11-6-7(9)8(10-11)12(13)14/h2,6H,1,3-5H2. The molecule has 1 heterocycles. The summed E-state index contributed by atoms with van der Waals surface area (Å²) in [6.45, 7) is 4.19. The molecule has 1 rings (SSSR count). The van der Waals surface area contributed by atoms with Crippen LogP contribution in [0.1, 0.15) is 12.8 Å². The topological polar surface area (TPSA) is 61.0 Å². The molecule has 0 radical (unpaired) electrons. The van der Waals surface area contributed by atoms with Crippen molar-refractivity contribution < 1.29 is 4.92 Å². The van der Waals surface area contributed by atoms with Crippen molar-refractivity contribution in [3.8, 4) is 0 Å². The lowest BCUT2D eigenvalue weighted by Crippen LogP contribution is -1.99. The second kappa shape index (κ2) is 4.76. The lowest BCUT2D eigenvalue weighted by molar-refractivity contribution is -0.389. The van der Waals surface area contributed by atoms with E-state index in [1.165, 1.54) is 10.9 Å². The number of nitro groups is 1. The van der Waals surface area contributed by atoms with Gasteiger partial charge in [0.05, 0.1) is 17.8 Å². The molecule has 0 unspecified atom stereocenters. The van der Waals surface area contributed by atoms with Crippen LogP contribution in [0.3, 0.4) is 0 Å². The van der Waals surface area contributed by atoms with Crippen LogP contribution in [-0.4, -0.2) is 14.7 Å². The van der Waals surface area contributed by atoms with E-state index in [4.69, 9.17) is 11.6 Å². The van der Waals surface area contributed by atoms with Crippen molar-refractivity contribution in [2.45, 2.75) is 19.4 Å². The molecule has 76 valence electrons. The number of aryl methyl sites for hydroxylation is 1. The van der Waals surface area contributed by atoms with Gasteiger partial charge in [-0.2, -0.15) is 4.68 Å². The molecular formula is C8H10ClN3O2. The van der Waals surface area contributed by atoms with Gasteiger partial charge in [0, 0.05) is 0 Å². The van der Waals surface area contributed by atoms with Gasteiger partial charge in [-0.25, -0.2) is 0 Å². The summed E-state index contributed by atoms with van der Waals surface area (Å²) < 4.78 is 1.48. The van der Waals surface area contributed by atoms with Gasteiger partial charge in [0.2, 0.25) is 0 Å². The van der Waals surface area contributed by atoms with Crippen molar-refractivity contribution in [2.24, 2.45) is 0 Å². The highest BCUT2D eigenvalue weighted by Gasteiger charge is 2.18. The maximum absolute atomic E-state index is 10.4. The molecule has 0 aliphatic rings. The number of aromatic nitrogens is 2. The van der Waals surface area contributed by atoms with Crippen molar-refractivity contribution in [2.75, 3.05) is 0 Å². The van der Waals surface area contributed by atoms with Crippen LogP contribution in [0.2, 0.25) is 5.02 Å². The van der Waals surface area contributed by atoms with Crippen molar-refractivity contribution in [3.05, 3.63) is 34.0 Å². The van der Waals surface area contributed by atoms with E-state index in [-0.39, 0.29) is 10.8 Å². The zero-order valence-corrected chi connectivity index (χ0v) is 8.28. The molecule has 0 aliphatic carbocycles. The Morgan fingerprint density at radius 1 is 1.79 bits per heavy atom. The van der Waals surface area contributed by atoms with Gasteiger partial charge in [0.15, 0.2) is 5.02 Å². The van der Waals surface area contributed by atoms with Crippen LogP contribution in [-0.2, 0) is 6.54 Å². The Hall–Kier alpha value is -1.36. The number of hydrogen-bond acceptors (Lipinski definition) is 3. The molecule has 1 aromatic rings. The van der Waals surface area contributed by atoms with Gasteiger partial charge in [0.1, 0.15) is 0 Å². The smallest absolute Gasteiger partial charge is 0.358 e. The Labute approximate surface area is 86.1 Å². The summed E-state index contributed by atoms with van der Waals surface area (Å²) >= 11 is 5.61. The van der Waals surface area contributed by atoms with E-state index < -0.39 is 4.92 Å². The lowest BCUT2D eigenvalue weighted by Gasteiger charge is -1.92. The molecule has 0 N–H and O–H groups in total. The van der Waals surface area contributed by atoms with Gasteiger partial charge < -0.3 is 10.1 Å². The first-order valence-corrected chi connectivity index (χ1v) is 4.51. The molecular weight excluding hydrogens is 206 g/mol. The molecule has 1 aromatic heterocycles. The average molecular weight is 216 g/mol. The van der Waals surface area contributed by atoms with Crippen molar-refractivity contribution in [3.63, 3.8) is 0 Å². The summed E-state index contributed by atoms with van der Waals surface area (Å²) in [7, 11) is 0. The summed E-state index contributed by atoms with van der Waals surface area (Å²) in [5.41, 5.74) is 0. The zero-order valence-electron chi connectivity index (χ0n) is 7.52. The molecule has 0 aromatic carbocycles. The minimum atomic E-state index is -0.591. The van der Waals surface area contributed by atoms with Crippen LogP contribution < -0.4 is 0 Å². The van der Waals surface area contributed by atoms with E-state index in [1.54, 1.807) is 6.08 Å². The fourth-order valence-electron chi connectivity index (χ4n) is 1.02. The molecule has 0 saturated carbocycles. The summed E-state index contributed by atoms with van der Waals surface area (Å²) in [5.74, 6) is -0.287. The van der Waals surface area contributed by atoms with E-state index in [9.17, 15) is 10.1 Å². The third-order valence-electron chi connectivity index (χ3n) is 1.67. The summed E-state index contributed by atoms with van der Waals surface area (Å²) in [5, 5.41) is 14.2. The molecule has 0 amide bonds. The average Bonchev–Trinajstić information content (AvgIpc) is 2.47. The Balaban J connectivity index is 2.66. The fraction of sp³-hybridized carbons (Fsp3) is 0.375. The van der Waals surface area contributed by atoms with Crippen LogP contribution in [0.4, 0.5) is 5.82 Å². The molecule has 0 spiro atoms. The molecule has 5 nitrogen and oxygen atoms in total. The Morgan fingerprint density at radius 3 is 3.00 bits per heavy atom. The predicted molar refractivity (Wildman–Crippen MR) is 53.3 cm³/mol. The normalized spacial score (nSPS) is 10.1. The Morgan fingerprint density at radius 2 is 2.50 bits per heavy atom. The highest BCUT2D eigenvalue weighted by molar-refractivity contribution is 6.32. The molecule has 0 fully saturated rings. The quantitative estimate of drug-likeness (QED) is 0.328. The summed E-state index contributed by atoms with van der Waals surface area (Å²) in [4.78, 5) is 9.80. The molecule has 0 bridgehead atoms. The van der Waals surface area contributed by atoms with Gasteiger partial charge >= 0.3 is 5.82 Å². The third kappa shape index (κ3) is 2.56. The largest absolute Gasteiger partial charge is 0.408 e. The van der Waals surface area contributed by atoms with Crippen LogP contribution in [0.5, 0.6) is 0 Å². The van der Waals surface area contributed by atoms with Crippen LogP contribution >= 0.6 is 11.6 Å². The summed E-state index contributed by atoms with van der Waals surface area (Å²) in [6, 6.07) is 0. The first-order chi connectivity index (χ1) is 6.65. The Kier molecular flexibility index (Phi) is 3.64. The van der Waals surface area contributed by atoms with E-state index in [0.29, 0.717) is 6.54 Å². The number of halogens is 1. The fourth-order valence-corrected chi connectivity index (χ4v) is 1.24. The molecule has 6 heteroatoms. The van der Waals surface area contributed by atoms with E-state index in [2.05, 4.69) is 11.7 Å². The van der Waals surface area contributed by atoms with E-state index in [0.717, 1.165) is 12.8 Å². The van der Waals surface area contributed by atoms with Gasteiger partial charge in [-0.3, -0.25) is 0 Å². The van der Waals surface area contributed by atoms with Crippen LogP contribution in [0.15, 0.2) is 18.9 Å². The van der Waals surface area contributed by atoms with Gasteiger partial charge in [-0.1, -0.05) is 17.7 Å². The second-order valence-corrected chi connectivity index (χ2v) is 3.16. The molecule has 14 heavy (non-hydrogen) atoms. The minimum Gasteiger partial charge on any atom is -0.358 e. The maximum atomic E-state index is 10.4. The first-order valence-electron chi connectivity index (χ1n) is 4.13. The van der Waals surface area contributed by atoms with Crippen LogP contribution in [0.25, 0.3) is 0 Å². The number of nitrogens with zero attached hydrogens (tertiary/aromatic N) is 3.